The minimum absolute atomic E-state index is 0.00136. The molecule has 0 spiro atoms. The van der Waals surface area contributed by atoms with E-state index >= 15 is 0 Å². The van der Waals surface area contributed by atoms with Crippen molar-refractivity contribution in [3.05, 3.63) is 65.6 Å². The molecule has 0 saturated carbocycles. The number of carbonyl (C=O) groups is 2. The van der Waals surface area contributed by atoms with Crippen LogP contribution in [0.25, 0.3) is 11.4 Å². The van der Waals surface area contributed by atoms with Crippen molar-refractivity contribution in [1.82, 2.24) is 39.8 Å². The van der Waals surface area contributed by atoms with Gasteiger partial charge in [0.1, 0.15) is 12.2 Å². The van der Waals surface area contributed by atoms with Gasteiger partial charge in [0.15, 0.2) is 5.76 Å². The molecular weight excluding hydrogens is 440 g/mol. The van der Waals surface area contributed by atoms with E-state index in [0.717, 1.165) is 18.5 Å². The molecule has 4 aromatic heterocycles. The minimum atomic E-state index is -1.03. The van der Waals surface area contributed by atoms with Crippen molar-refractivity contribution >= 4 is 11.9 Å². The van der Waals surface area contributed by atoms with Crippen LogP contribution in [0.15, 0.2) is 47.5 Å². The Kier molecular flexibility index (Phi) is 5.62. The molecule has 1 saturated heterocycles. The zero-order valence-electron chi connectivity index (χ0n) is 18.4. The molecule has 34 heavy (non-hydrogen) atoms. The summed E-state index contributed by atoms with van der Waals surface area (Å²) >= 11 is 0. The summed E-state index contributed by atoms with van der Waals surface area (Å²) in [5, 5.41) is 25.5. The van der Waals surface area contributed by atoms with Gasteiger partial charge in [-0.2, -0.15) is 5.10 Å². The van der Waals surface area contributed by atoms with Gasteiger partial charge < -0.3 is 14.5 Å². The summed E-state index contributed by atoms with van der Waals surface area (Å²) in [6, 6.07) is 4.99. The van der Waals surface area contributed by atoms with Gasteiger partial charge in [-0.3, -0.25) is 14.5 Å². The summed E-state index contributed by atoms with van der Waals surface area (Å²) in [6.45, 7) is 1.66. The lowest BCUT2D eigenvalue weighted by Crippen LogP contribution is -2.37. The van der Waals surface area contributed by atoms with Crippen molar-refractivity contribution in [2.45, 2.75) is 25.3 Å². The van der Waals surface area contributed by atoms with Crippen LogP contribution >= 0.6 is 0 Å². The first-order chi connectivity index (χ1) is 16.5. The van der Waals surface area contributed by atoms with Crippen LogP contribution in [0.3, 0.4) is 0 Å². The lowest BCUT2D eigenvalue weighted by molar-refractivity contribution is 0.0692. The zero-order chi connectivity index (χ0) is 23.7. The Bertz CT molecular complexity index is 1310. The monoisotopic (exact) mass is 462 g/mol. The van der Waals surface area contributed by atoms with Gasteiger partial charge >= 0.3 is 5.97 Å². The summed E-state index contributed by atoms with van der Waals surface area (Å²) in [5.41, 5.74) is 2.64. The molecule has 12 heteroatoms. The number of nitrogens with zero attached hydrogens (tertiary/aromatic N) is 8. The number of carboxylic acids is 1. The minimum Gasteiger partial charge on any atom is -0.478 e. The largest absolute Gasteiger partial charge is 0.478 e. The molecular formula is C22H22N8O4. The summed E-state index contributed by atoms with van der Waals surface area (Å²) in [7, 11) is 1.79. The number of aryl methyl sites for hydroxylation is 1. The standard InChI is InChI=1S/C22H22N8O4/c1-28-11-16(10-24-28)21(31)29-6-4-14(5-7-29)19-8-17(34-26-19)12-30-13-20(25-27-30)18-3-2-15(9-23-18)22(32)33/h2-3,8-11,13-14H,4-7,12H2,1H3,(H,32,33). The molecule has 0 bridgehead atoms. The number of hydrogen-bond acceptors (Lipinski definition) is 8. The quantitative estimate of drug-likeness (QED) is 0.453. The fraction of sp³-hybridized carbons (Fsp3) is 0.318. The number of likely N-dealkylation sites (tertiary alicyclic amines) is 1. The molecule has 0 atom stereocenters. The number of carbonyl (C=O) groups excluding carboxylic acids is 1. The summed E-state index contributed by atoms with van der Waals surface area (Å²) < 4.78 is 8.75. The van der Waals surface area contributed by atoms with Gasteiger partial charge in [-0.15, -0.1) is 5.10 Å². The number of amides is 1. The maximum atomic E-state index is 12.6. The molecule has 0 aliphatic carbocycles. The zero-order valence-corrected chi connectivity index (χ0v) is 18.4. The molecule has 1 amide bonds. The fourth-order valence-corrected chi connectivity index (χ4v) is 4.01. The topological polar surface area (TPSA) is 145 Å². The normalized spacial score (nSPS) is 14.4. The summed E-state index contributed by atoms with van der Waals surface area (Å²) in [5.74, 6) is -0.163. The van der Waals surface area contributed by atoms with Crippen LogP contribution in [-0.2, 0) is 13.6 Å². The van der Waals surface area contributed by atoms with Crippen molar-refractivity contribution in [2.24, 2.45) is 7.05 Å². The Morgan fingerprint density at radius 1 is 1.12 bits per heavy atom. The first-order valence-electron chi connectivity index (χ1n) is 10.8. The smallest absolute Gasteiger partial charge is 0.337 e. The average molecular weight is 462 g/mol. The molecule has 1 aliphatic heterocycles. The van der Waals surface area contributed by atoms with Crippen molar-refractivity contribution in [3.63, 3.8) is 0 Å². The van der Waals surface area contributed by atoms with Gasteiger partial charge in [0, 0.05) is 44.5 Å². The maximum absolute atomic E-state index is 12.6. The van der Waals surface area contributed by atoms with Crippen LogP contribution in [0.5, 0.6) is 0 Å². The van der Waals surface area contributed by atoms with Crippen molar-refractivity contribution in [2.75, 3.05) is 13.1 Å². The van der Waals surface area contributed by atoms with Gasteiger partial charge in [0.05, 0.1) is 34.9 Å². The number of aromatic carboxylic acids is 1. The highest BCUT2D eigenvalue weighted by atomic mass is 16.5. The van der Waals surface area contributed by atoms with Crippen LogP contribution in [0, 0.1) is 0 Å². The molecule has 0 aromatic carbocycles. The first kappa shape index (κ1) is 21.5. The lowest BCUT2D eigenvalue weighted by Gasteiger charge is -2.30. The van der Waals surface area contributed by atoms with E-state index in [0.29, 0.717) is 42.3 Å². The summed E-state index contributed by atoms with van der Waals surface area (Å²) in [6.07, 6.45) is 7.94. The first-order valence-corrected chi connectivity index (χ1v) is 10.8. The Morgan fingerprint density at radius 3 is 2.62 bits per heavy atom. The average Bonchev–Trinajstić information content (AvgIpc) is 3.61. The second-order valence-corrected chi connectivity index (χ2v) is 8.23. The molecule has 5 heterocycles. The van der Waals surface area contributed by atoms with E-state index in [2.05, 4.69) is 25.6 Å². The van der Waals surface area contributed by atoms with E-state index in [4.69, 9.17) is 9.63 Å². The third kappa shape index (κ3) is 4.42. The molecule has 12 nitrogen and oxygen atoms in total. The fourth-order valence-electron chi connectivity index (χ4n) is 4.01. The molecule has 1 aliphatic rings. The molecule has 5 rings (SSSR count). The van der Waals surface area contributed by atoms with Crippen LogP contribution in [0.1, 0.15) is 50.9 Å². The van der Waals surface area contributed by atoms with Crippen LogP contribution in [0.4, 0.5) is 0 Å². The Balaban J connectivity index is 1.18. The lowest BCUT2D eigenvalue weighted by atomic mass is 9.93. The van der Waals surface area contributed by atoms with E-state index in [1.165, 1.54) is 12.3 Å². The van der Waals surface area contributed by atoms with Crippen LogP contribution in [0.2, 0.25) is 0 Å². The Hall–Kier alpha value is -4.35. The third-order valence-corrected chi connectivity index (χ3v) is 5.86. The molecule has 1 N–H and O–H groups in total. The van der Waals surface area contributed by atoms with Gasteiger partial charge in [-0.25, -0.2) is 9.48 Å². The van der Waals surface area contributed by atoms with Gasteiger partial charge in [0.25, 0.3) is 5.91 Å². The molecule has 1 fully saturated rings. The van der Waals surface area contributed by atoms with Crippen molar-refractivity contribution in [1.29, 1.82) is 0 Å². The molecule has 4 aromatic rings. The maximum Gasteiger partial charge on any atom is 0.337 e. The van der Waals surface area contributed by atoms with E-state index in [-0.39, 0.29) is 17.4 Å². The highest BCUT2D eigenvalue weighted by molar-refractivity contribution is 5.93. The number of carboxylic acid groups (broad SMARTS) is 1. The number of rotatable bonds is 6. The predicted molar refractivity (Wildman–Crippen MR) is 117 cm³/mol. The second kappa shape index (κ2) is 8.89. The van der Waals surface area contributed by atoms with Crippen LogP contribution in [-0.4, -0.2) is 69.9 Å². The number of aromatic nitrogens is 7. The van der Waals surface area contributed by atoms with Gasteiger partial charge in [0.2, 0.25) is 0 Å². The Morgan fingerprint density at radius 2 is 1.94 bits per heavy atom. The van der Waals surface area contributed by atoms with E-state index in [9.17, 15) is 9.59 Å². The number of piperidine rings is 1. The third-order valence-electron chi connectivity index (χ3n) is 5.86. The van der Waals surface area contributed by atoms with Gasteiger partial charge in [-0.05, 0) is 25.0 Å². The van der Waals surface area contributed by atoms with Crippen molar-refractivity contribution < 1.29 is 19.2 Å². The summed E-state index contributed by atoms with van der Waals surface area (Å²) in [4.78, 5) is 29.6. The number of hydrogen-bond donors (Lipinski definition) is 1. The number of pyridine rings is 1. The highest BCUT2D eigenvalue weighted by Crippen LogP contribution is 2.28. The second-order valence-electron chi connectivity index (χ2n) is 8.23. The highest BCUT2D eigenvalue weighted by Gasteiger charge is 2.27. The van der Waals surface area contributed by atoms with E-state index in [1.54, 1.807) is 41.1 Å². The van der Waals surface area contributed by atoms with Crippen LogP contribution < -0.4 is 0 Å². The Labute approximate surface area is 193 Å². The molecule has 0 unspecified atom stereocenters. The van der Waals surface area contributed by atoms with E-state index in [1.807, 2.05) is 11.0 Å². The molecule has 174 valence electrons. The van der Waals surface area contributed by atoms with Gasteiger partial charge in [-0.1, -0.05) is 10.4 Å². The SMILES string of the molecule is Cn1cc(C(=O)N2CCC(c3cc(Cn4cc(-c5ccc(C(=O)O)cn5)nn4)on3)CC2)cn1. The van der Waals surface area contributed by atoms with Crippen molar-refractivity contribution in [3.8, 4) is 11.4 Å². The van der Waals surface area contributed by atoms with E-state index < -0.39 is 5.97 Å². The molecule has 0 radical (unpaired) electrons. The predicted octanol–water partition coefficient (Wildman–Crippen LogP) is 1.83.